The summed E-state index contributed by atoms with van der Waals surface area (Å²) < 4.78 is 19.1. The van der Waals surface area contributed by atoms with E-state index in [0.717, 1.165) is 5.56 Å². The molecule has 154 valence electrons. The SMILES string of the molecule is CCN1C(=O)CC[C@@H](C(=O)NCCc2ccccc2F)[C@@H]1c1cccc(OC)c1. The highest BCUT2D eigenvalue weighted by Crippen LogP contribution is 2.37. The van der Waals surface area contributed by atoms with Gasteiger partial charge in [-0.25, -0.2) is 4.39 Å². The lowest BCUT2D eigenvalue weighted by Crippen LogP contribution is -2.48. The third-order valence-electron chi connectivity index (χ3n) is 5.47. The van der Waals surface area contributed by atoms with Gasteiger partial charge in [0.2, 0.25) is 11.8 Å². The fourth-order valence-electron chi connectivity index (χ4n) is 3.99. The highest BCUT2D eigenvalue weighted by atomic mass is 19.1. The maximum absolute atomic E-state index is 13.8. The van der Waals surface area contributed by atoms with Crippen LogP contribution in [0.3, 0.4) is 0 Å². The second-order valence-electron chi connectivity index (χ2n) is 7.18. The number of nitrogens with zero attached hydrogens (tertiary/aromatic N) is 1. The van der Waals surface area contributed by atoms with E-state index in [1.807, 2.05) is 31.2 Å². The fraction of sp³-hybridized carbons (Fsp3) is 0.391. The minimum Gasteiger partial charge on any atom is -0.497 e. The molecule has 1 N–H and O–H groups in total. The van der Waals surface area contributed by atoms with Gasteiger partial charge in [-0.2, -0.15) is 0 Å². The van der Waals surface area contributed by atoms with Gasteiger partial charge in [0.25, 0.3) is 0 Å². The van der Waals surface area contributed by atoms with Crippen LogP contribution in [0.4, 0.5) is 4.39 Å². The topological polar surface area (TPSA) is 58.6 Å². The van der Waals surface area contributed by atoms with E-state index in [9.17, 15) is 14.0 Å². The quantitative estimate of drug-likeness (QED) is 0.777. The van der Waals surface area contributed by atoms with Crippen molar-refractivity contribution in [2.75, 3.05) is 20.2 Å². The van der Waals surface area contributed by atoms with Crippen LogP contribution in [-0.2, 0) is 16.0 Å². The summed E-state index contributed by atoms with van der Waals surface area (Å²) in [6.07, 6.45) is 1.26. The lowest BCUT2D eigenvalue weighted by Gasteiger charge is -2.40. The van der Waals surface area contributed by atoms with E-state index in [2.05, 4.69) is 5.32 Å². The summed E-state index contributed by atoms with van der Waals surface area (Å²) >= 11 is 0. The third-order valence-corrected chi connectivity index (χ3v) is 5.47. The first kappa shape index (κ1) is 20.8. The van der Waals surface area contributed by atoms with Crippen molar-refractivity contribution in [3.8, 4) is 5.75 Å². The Hall–Kier alpha value is -2.89. The van der Waals surface area contributed by atoms with E-state index in [1.54, 1.807) is 30.2 Å². The lowest BCUT2D eigenvalue weighted by atomic mass is 9.83. The molecule has 2 aromatic rings. The summed E-state index contributed by atoms with van der Waals surface area (Å²) in [5, 5.41) is 2.94. The van der Waals surface area contributed by atoms with Crippen LogP contribution in [0.15, 0.2) is 48.5 Å². The van der Waals surface area contributed by atoms with Crippen LogP contribution < -0.4 is 10.1 Å². The Kier molecular flexibility index (Phi) is 6.86. The second-order valence-corrected chi connectivity index (χ2v) is 7.18. The van der Waals surface area contributed by atoms with Crippen LogP contribution in [0.1, 0.15) is 36.9 Å². The molecular weight excluding hydrogens is 371 g/mol. The number of halogens is 1. The molecule has 1 saturated heterocycles. The third kappa shape index (κ3) is 4.75. The Labute approximate surface area is 170 Å². The monoisotopic (exact) mass is 398 g/mol. The standard InChI is InChI=1S/C23H27FN2O3/c1-3-26-21(27)12-11-19(22(26)17-8-6-9-18(15-17)29-2)23(28)25-14-13-16-7-4-5-10-20(16)24/h4-10,15,19,22H,3,11-14H2,1-2H3,(H,25,28)/t19-,22+/m1/s1. The maximum atomic E-state index is 13.8. The van der Waals surface area contributed by atoms with Crippen molar-refractivity contribution < 1.29 is 18.7 Å². The van der Waals surface area contributed by atoms with Crippen molar-refractivity contribution in [2.24, 2.45) is 5.92 Å². The molecule has 1 aliphatic heterocycles. The predicted molar refractivity (Wildman–Crippen MR) is 109 cm³/mol. The van der Waals surface area contributed by atoms with Crippen LogP contribution in [0.2, 0.25) is 0 Å². The summed E-state index contributed by atoms with van der Waals surface area (Å²) in [4.78, 5) is 27.3. The molecule has 0 aliphatic carbocycles. The van der Waals surface area contributed by atoms with Crippen molar-refractivity contribution in [3.63, 3.8) is 0 Å². The van der Waals surface area contributed by atoms with Crippen molar-refractivity contribution in [1.29, 1.82) is 0 Å². The largest absolute Gasteiger partial charge is 0.497 e. The molecule has 0 saturated carbocycles. The molecular formula is C23H27FN2O3. The molecule has 2 aromatic carbocycles. The first-order chi connectivity index (χ1) is 14.0. The molecule has 0 bridgehead atoms. The van der Waals surface area contributed by atoms with Gasteiger partial charge in [-0.15, -0.1) is 0 Å². The summed E-state index contributed by atoms with van der Waals surface area (Å²) in [5.41, 5.74) is 1.46. The van der Waals surface area contributed by atoms with E-state index >= 15 is 0 Å². The zero-order chi connectivity index (χ0) is 20.8. The number of carbonyl (C=O) groups is 2. The Bertz CT molecular complexity index is 871. The highest BCUT2D eigenvalue weighted by molar-refractivity contribution is 5.85. The number of hydrogen-bond donors (Lipinski definition) is 1. The molecule has 29 heavy (non-hydrogen) atoms. The normalized spacial score (nSPS) is 19.1. The molecule has 0 radical (unpaired) electrons. The van der Waals surface area contributed by atoms with Gasteiger partial charge in [-0.3, -0.25) is 9.59 Å². The van der Waals surface area contributed by atoms with Crippen LogP contribution in [0.25, 0.3) is 0 Å². The molecule has 1 fully saturated rings. The molecule has 6 heteroatoms. The fourth-order valence-corrected chi connectivity index (χ4v) is 3.99. The smallest absolute Gasteiger partial charge is 0.225 e. The predicted octanol–water partition coefficient (Wildman–Crippen LogP) is 3.49. The minimum absolute atomic E-state index is 0.0516. The zero-order valence-corrected chi connectivity index (χ0v) is 16.9. The first-order valence-electron chi connectivity index (χ1n) is 9.99. The number of piperidine rings is 1. The zero-order valence-electron chi connectivity index (χ0n) is 16.9. The molecule has 3 rings (SSSR count). The summed E-state index contributed by atoms with van der Waals surface area (Å²) in [6.45, 7) is 2.80. The molecule has 2 amide bonds. The van der Waals surface area contributed by atoms with Gasteiger partial charge in [0, 0.05) is 19.5 Å². The second kappa shape index (κ2) is 9.54. The van der Waals surface area contributed by atoms with Crippen molar-refractivity contribution in [2.45, 2.75) is 32.2 Å². The van der Waals surface area contributed by atoms with Gasteiger partial charge in [0.05, 0.1) is 19.1 Å². The van der Waals surface area contributed by atoms with E-state index in [0.29, 0.717) is 43.7 Å². The molecule has 1 heterocycles. The average Bonchev–Trinajstić information content (AvgIpc) is 2.74. The number of carbonyl (C=O) groups excluding carboxylic acids is 2. The maximum Gasteiger partial charge on any atom is 0.225 e. The first-order valence-corrected chi connectivity index (χ1v) is 9.99. The van der Waals surface area contributed by atoms with Crippen LogP contribution in [0.5, 0.6) is 5.75 Å². The Morgan fingerprint density at radius 3 is 2.76 bits per heavy atom. The van der Waals surface area contributed by atoms with E-state index in [-0.39, 0.29) is 29.6 Å². The van der Waals surface area contributed by atoms with Gasteiger partial charge in [-0.1, -0.05) is 30.3 Å². The molecule has 0 aromatic heterocycles. The lowest BCUT2D eigenvalue weighted by molar-refractivity contribution is -0.143. The molecule has 0 spiro atoms. The van der Waals surface area contributed by atoms with Crippen molar-refractivity contribution in [3.05, 3.63) is 65.5 Å². The number of hydrogen-bond acceptors (Lipinski definition) is 3. The number of ether oxygens (including phenoxy) is 1. The highest BCUT2D eigenvalue weighted by Gasteiger charge is 2.39. The van der Waals surface area contributed by atoms with Crippen molar-refractivity contribution in [1.82, 2.24) is 10.2 Å². The van der Waals surface area contributed by atoms with E-state index in [1.165, 1.54) is 6.07 Å². The molecule has 0 unspecified atom stereocenters. The van der Waals surface area contributed by atoms with Gasteiger partial charge >= 0.3 is 0 Å². The average molecular weight is 398 g/mol. The number of methoxy groups -OCH3 is 1. The van der Waals surface area contributed by atoms with Gasteiger partial charge in [0.15, 0.2) is 0 Å². The van der Waals surface area contributed by atoms with Gasteiger partial charge in [0.1, 0.15) is 11.6 Å². The number of likely N-dealkylation sites (tertiary alicyclic amines) is 1. The minimum atomic E-state index is -0.361. The van der Waals surface area contributed by atoms with E-state index in [4.69, 9.17) is 4.74 Å². The number of nitrogens with one attached hydrogen (secondary N) is 1. The van der Waals surface area contributed by atoms with Crippen LogP contribution in [0, 0.1) is 11.7 Å². The molecule has 1 aliphatic rings. The Morgan fingerprint density at radius 2 is 2.03 bits per heavy atom. The number of amides is 2. The number of benzene rings is 2. The molecule has 5 nitrogen and oxygen atoms in total. The van der Waals surface area contributed by atoms with Crippen LogP contribution in [-0.4, -0.2) is 36.9 Å². The van der Waals surface area contributed by atoms with E-state index < -0.39 is 0 Å². The number of rotatable bonds is 7. The van der Waals surface area contributed by atoms with Gasteiger partial charge < -0.3 is 15.0 Å². The summed E-state index contributed by atoms with van der Waals surface area (Å²) in [7, 11) is 1.59. The summed E-state index contributed by atoms with van der Waals surface area (Å²) in [5.74, 6) is 0.00271. The Morgan fingerprint density at radius 1 is 1.24 bits per heavy atom. The van der Waals surface area contributed by atoms with Gasteiger partial charge in [-0.05, 0) is 49.1 Å². The van der Waals surface area contributed by atoms with Crippen LogP contribution >= 0.6 is 0 Å². The van der Waals surface area contributed by atoms with Crippen molar-refractivity contribution >= 4 is 11.8 Å². The molecule has 2 atom stereocenters. The Balaban J connectivity index is 1.76. The summed E-state index contributed by atoms with van der Waals surface area (Å²) in [6, 6.07) is 13.7.